The minimum absolute atomic E-state index is 0.0759. The molecule has 0 unspecified atom stereocenters. The van der Waals surface area contributed by atoms with Crippen molar-refractivity contribution in [2.45, 2.75) is 45.6 Å². The van der Waals surface area contributed by atoms with Gasteiger partial charge in [-0.25, -0.2) is 4.39 Å². The van der Waals surface area contributed by atoms with E-state index in [-0.39, 0.29) is 16.4 Å². The fourth-order valence-corrected chi connectivity index (χ4v) is 5.29. The minimum atomic E-state index is -0.604. The molecule has 0 spiro atoms. The predicted molar refractivity (Wildman–Crippen MR) is 119 cm³/mol. The Morgan fingerprint density at radius 3 is 2.42 bits per heavy atom. The van der Waals surface area contributed by atoms with Crippen LogP contribution in [0, 0.1) is 19.7 Å². The lowest BCUT2D eigenvalue weighted by atomic mass is 10.1. The second kappa shape index (κ2) is 9.13. The highest BCUT2D eigenvalue weighted by atomic mass is 35.5. The summed E-state index contributed by atoms with van der Waals surface area (Å²) in [7, 11) is 0. The number of hydrogen-bond acceptors (Lipinski definition) is 3. The number of benzene rings is 1. The minimum Gasteiger partial charge on any atom is -0.345 e. The fraction of sp³-hybridized carbons (Fsp3) is 0.500. The van der Waals surface area contributed by atoms with Gasteiger partial charge in [-0.1, -0.05) is 30.5 Å². The Morgan fingerprint density at radius 1 is 1.10 bits per heavy atom. The highest BCUT2D eigenvalue weighted by Gasteiger charge is 2.28. The molecule has 0 atom stereocenters. The highest BCUT2D eigenvalue weighted by Crippen LogP contribution is 2.33. The summed E-state index contributed by atoms with van der Waals surface area (Å²) in [6.45, 7) is 6.50. The van der Waals surface area contributed by atoms with Gasteiger partial charge in [-0.05, 0) is 44.9 Å². The smallest absolute Gasteiger partial charge is 0.258 e. The van der Waals surface area contributed by atoms with Crippen molar-refractivity contribution in [3.05, 3.63) is 57.6 Å². The number of carbonyl (C=O) groups is 2. The summed E-state index contributed by atoms with van der Waals surface area (Å²) in [5.41, 5.74) is 2.96. The Labute approximate surface area is 187 Å². The maximum Gasteiger partial charge on any atom is 0.258 e. The van der Waals surface area contributed by atoms with Crippen LogP contribution in [-0.4, -0.2) is 58.8 Å². The number of aromatic nitrogens is 1. The number of carbonyl (C=O) groups excluding carboxylic acids is 2. The third-order valence-corrected chi connectivity index (χ3v) is 6.99. The molecule has 0 N–H and O–H groups in total. The van der Waals surface area contributed by atoms with E-state index in [0.29, 0.717) is 38.8 Å². The Balaban J connectivity index is 1.38. The topological polar surface area (TPSA) is 45.6 Å². The number of nitrogens with zero attached hydrogens (tertiary/aromatic N) is 3. The molecule has 31 heavy (non-hydrogen) atoms. The maximum absolute atomic E-state index is 14.1. The Hall–Kier alpha value is -2.18. The second-order valence-corrected chi connectivity index (χ2v) is 9.09. The van der Waals surface area contributed by atoms with Crippen molar-refractivity contribution in [1.82, 2.24) is 14.4 Å². The van der Waals surface area contributed by atoms with Gasteiger partial charge in [-0.2, -0.15) is 0 Å². The first-order chi connectivity index (χ1) is 14.9. The van der Waals surface area contributed by atoms with Crippen LogP contribution < -0.4 is 0 Å². The van der Waals surface area contributed by atoms with Crippen molar-refractivity contribution in [2.24, 2.45) is 0 Å². The fourth-order valence-electron chi connectivity index (χ4n) is 5.04. The molecule has 1 amide bonds. The molecule has 1 aromatic heterocycles. The molecule has 1 aliphatic heterocycles. The predicted octanol–water partition coefficient (Wildman–Crippen LogP) is 4.65. The molecule has 1 aliphatic carbocycles. The first-order valence-corrected chi connectivity index (χ1v) is 11.4. The lowest BCUT2D eigenvalue weighted by molar-refractivity contribution is 0.0620. The van der Waals surface area contributed by atoms with Gasteiger partial charge in [0.1, 0.15) is 5.82 Å². The third kappa shape index (κ3) is 4.41. The van der Waals surface area contributed by atoms with Crippen LogP contribution >= 0.6 is 11.6 Å². The van der Waals surface area contributed by atoms with Crippen molar-refractivity contribution in [2.75, 3.05) is 32.7 Å². The van der Waals surface area contributed by atoms with Crippen LogP contribution in [0.5, 0.6) is 0 Å². The molecule has 4 rings (SSSR count). The number of piperazine rings is 1. The first-order valence-electron chi connectivity index (χ1n) is 11.0. The van der Waals surface area contributed by atoms with E-state index >= 15 is 0 Å². The molecule has 0 bridgehead atoms. The van der Waals surface area contributed by atoms with E-state index in [1.54, 1.807) is 4.90 Å². The second-order valence-electron chi connectivity index (χ2n) is 8.68. The van der Waals surface area contributed by atoms with Crippen LogP contribution in [0.4, 0.5) is 4.39 Å². The van der Waals surface area contributed by atoms with Crippen LogP contribution in [-0.2, 0) is 0 Å². The molecule has 2 aromatic rings. The van der Waals surface area contributed by atoms with Gasteiger partial charge in [-0.3, -0.25) is 14.5 Å². The molecule has 5 nitrogen and oxygen atoms in total. The summed E-state index contributed by atoms with van der Waals surface area (Å²) in [6.07, 6.45) is 4.89. The third-order valence-electron chi connectivity index (χ3n) is 6.68. The summed E-state index contributed by atoms with van der Waals surface area (Å²) >= 11 is 6.04. The number of ketones is 1. The van der Waals surface area contributed by atoms with Gasteiger partial charge in [0.2, 0.25) is 0 Å². The molecule has 7 heteroatoms. The molecule has 1 saturated heterocycles. The number of amides is 1. The van der Waals surface area contributed by atoms with Crippen LogP contribution in [0.2, 0.25) is 5.02 Å². The first kappa shape index (κ1) is 22.0. The largest absolute Gasteiger partial charge is 0.345 e. The zero-order valence-corrected chi connectivity index (χ0v) is 18.9. The van der Waals surface area contributed by atoms with Gasteiger partial charge in [0, 0.05) is 49.2 Å². The maximum atomic E-state index is 14.1. The van der Waals surface area contributed by atoms with E-state index in [2.05, 4.69) is 16.4 Å². The highest BCUT2D eigenvalue weighted by molar-refractivity contribution is 6.33. The van der Waals surface area contributed by atoms with Crippen molar-refractivity contribution < 1.29 is 14.0 Å². The molecule has 2 fully saturated rings. The Bertz CT molecular complexity index is 969. The van der Waals surface area contributed by atoms with Crippen LogP contribution in [0.1, 0.15) is 63.8 Å². The van der Waals surface area contributed by atoms with E-state index in [1.165, 1.54) is 43.9 Å². The summed E-state index contributed by atoms with van der Waals surface area (Å²) in [4.78, 5) is 29.4. The summed E-state index contributed by atoms with van der Waals surface area (Å²) in [5.74, 6) is -0.879. The molecule has 0 radical (unpaired) electrons. The number of rotatable bonds is 5. The molecule has 166 valence electrons. The van der Waals surface area contributed by atoms with Gasteiger partial charge in [-0.15, -0.1) is 0 Å². The average molecular weight is 446 g/mol. The SMILES string of the molecule is Cc1cc(C(=O)CN2CCN(C(=O)c3c(F)cccc3Cl)CC2)c(C)n1C1CCCC1. The zero-order chi connectivity index (χ0) is 22.1. The zero-order valence-electron chi connectivity index (χ0n) is 18.2. The van der Waals surface area contributed by atoms with Gasteiger partial charge < -0.3 is 9.47 Å². The van der Waals surface area contributed by atoms with E-state index in [9.17, 15) is 14.0 Å². The lowest BCUT2D eigenvalue weighted by Crippen LogP contribution is -2.50. The molecule has 1 aromatic carbocycles. The van der Waals surface area contributed by atoms with E-state index < -0.39 is 11.7 Å². The quantitative estimate of drug-likeness (QED) is 0.629. The van der Waals surface area contributed by atoms with E-state index in [4.69, 9.17) is 11.6 Å². The van der Waals surface area contributed by atoms with Crippen molar-refractivity contribution in [3.8, 4) is 0 Å². The molecular weight excluding hydrogens is 417 g/mol. The van der Waals surface area contributed by atoms with E-state index in [0.717, 1.165) is 17.0 Å². The summed E-state index contributed by atoms with van der Waals surface area (Å²) < 4.78 is 16.4. The number of halogens is 2. The number of aryl methyl sites for hydroxylation is 1. The van der Waals surface area contributed by atoms with Gasteiger partial charge in [0.25, 0.3) is 5.91 Å². The number of hydrogen-bond donors (Lipinski definition) is 0. The van der Waals surface area contributed by atoms with Crippen LogP contribution in [0.3, 0.4) is 0 Å². The standard InChI is InChI=1S/C24H29ClFN3O2/c1-16-14-19(17(2)29(16)18-6-3-4-7-18)22(30)15-27-10-12-28(13-11-27)24(31)23-20(25)8-5-9-21(23)26/h5,8-9,14,18H,3-4,6-7,10-13,15H2,1-2H3. The van der Waals surface area contributed by atoms with Crippen molar-refractivity contribution in [3.63, 3.8) is 0 Å². The van der Waals surface area contributed by atoms with Gasteiger partial charge in [0.05, 0.1) is 17.1 Å². The molecule has 2 aliphatic rings. The summed E-state index contributed by atoms with van der Waals surface area (Å²) in [6, 6.07) is 6.80. The van der Waals surface area contributed by atoms with E-state index in [1.807, 2.05) is 13.0 Å². The van der Waals surface area contributed by atoms with Gasteiger partial charge >= 0.3 is 0 Å². The lowest BCUT2D eigenvalue weighted by Gasteiger charge is -2.34. The Kier molecular flexibility index (Phi) is 6.49. The monoisotopic (exact) mass is 445 g/mol. The number of Topliss-reactive ketones (excluding diaryl/α,β-unsaturated/α-hetero) is 1. The van der Waals surface area contributed by atoms with Crippen LogP contribution in [0.25, 0.3) is 0 Å². The van der Waals surface area contributed by atoms with Gasteiger partial charge in [0.15, 0.2) is 5.78 Å². The van der Waals surface area contributed by atoms with Crippen molar-refractivity contribution >= 4 is 23.3 Å². The molecular formula is C24H29ClFN3O2. The molecule has 1 saturated carbocycles. The van der Waals surface area contributed by atoms with Crippen LogP contribution in [0.15, 0.2) is 24.3 Å². The summed E-state index contributed by atoms with van der Waals surface area (Å²) in [5, 5.41) is 0.125. The average Bonchev–Trinajstić information content (AvgIpc) is 3.36. The molecule has 2 heterocycles. The Morgan fingerprint density at radius 2 is 1.77 bits per heavy atom. The van der Waals surface area contributed by atoms with Crippen molar-refractivity contribution in [1.29, 1.82) is 0 Å². The normalized spacial score (nSPS) is 18.0.